The topological polar surface area (TPSA) is 83.5 Å². The third-order valence-electron chi connectivity index (χ3n) is 0.949. The van der Waals surface area contributed by atoms with E-state index in [1.54, 1.807) is 6.92 Å². The molecule has 0 amide bonds. The predicted octanol–water partition coefficient (Wildman–Crippen LogP) is -0.600. The molecule has 0 aromatic heterocycles. The van der Waals surface area contributed by atoms with E-state index in [1.165, 1.54) is 0 Å². The van der Waals surface area contributed by atoms with Gasteiger partial charge in [-0.15, -0.1) is 0 Å². The monoisotopic (exact) mass is 181 g/mol. The Morgan fingerprint density at radius 2 is 2.09 bits per heavy atom. The molecule has 0 fully saturated rings. The highest BCUT2D eigenvalue weighted by molar-refractivity contribution is 7.89. The maximum atomic E-state index is 10.8. The molecule has 0 rings (SSSR count). The second kappa shape index (κ2) is 4.30. The summed E-state index contributed by atoms with van der Waals surface area (Å²) in [6.07, 6.45) is -0.352. The van der Waals surface area contributed by atoms with Crippen LogP contribution in [0.15, 0.2) is 0 Å². The molecule has 0 aliphatic rings. The molecule has 5 nitrogen and oxygen atoms in total. The van der Waals surface area contributed by atoms with Crippen LogP contribution < -0.4 is 4.72 Å². The molecule has 0 aromatic carbocycles. The van der Waals surface area contributed by atoms with Crippen molar-refractivity contribution >= 4 is 16.0 Å². The number of carbonyl (C=O) groups is 1. The first-order chi connectivity index (χ1) is 4.98. The van der Waals surface area contributed by atoms with Gasteiger partial charge in [0.1, 0.15) is 0 Å². The van der Waals surface area contributed by atoms with Gasteiger partial charge < -0.3 is 5.11 Å². The molecule has 0 spiro atoms. The second-order valence-electron chi connectivity index (χ2n) is 1.96. The molecule has 0 heterocycles. The minimum Gasteiger partial charge on any atom is -0.481 e. The molecule has 2 N–H and O–H groups in total. The Morgan fingerprint density at radius 3 is 2.45 bits per heavy atom. The number of aliphatic carboxylic acids is 1. The SMILES string of the molecule is CCNS(=O)(=O)CCC(=O)O. The van der Waals surface area contributed by atoms with Crippen LogP contribution in [0.25, 0.3) is 0 Å². The quantitative estimate of drug-likeness (QED) is 0.593. The van der Waals surface area contributed by atoms with Crippen molar-refractivity contribution in [1.82, 2.24) is 4.72 Å². The fraction of sp³-hybridized carbons (Fsp3) is 0.800. The van der Waals surface area contributed by atoms with Crippen molar-refractivity contribution in [2.45, 2.75) is 13.3 Å². The van der Waals surface area contributed by atoms with Crippen LogP contribution in [0, 0.1) is 0 Å². The lowest BCUT2D eigenvalue weighted by Crippen LogP contribution is -2.27. The summed E-state index contributed by atoms with van der Waals surface area (Å²) in [7, 11) is -3.36. The Labute approximate surface area is 65.5 Å². The smallest absolute Gasteiger partial charge is 0.304 e. The van der Waals surface area contributed by atoms with Crippen molar-refractivity contribution in [3.63, 3.8) is 0 Å². The van der Waals surface area contributed by atoms with Crippen molar-refractivity contribution < 1.29 is 18.3 Å². The zero-order valence-electron chi connectivity index (χ0n) is 6.20. The molecule has 0 saturated heterocycles. The molecule has 0 bridgehead atoms. The van der Waals surface area contributed by atoms with E-state index in [1.807, 2.05) is 0 Å². The molecular formula is C5H11NO4S. The normalized spacial score (nSPS) is 11.4. The predicted molar refractivity (Wildman–Crippen MR) is 39.7 cm³/mol. The third-order valence-corrected chi connectivity index (χ3v) is 2.42. The Balaban J connectivity index is 3.84. The summed E-state index contributed by atoms with van der Waals surface area (Å²) < 4.78 is 23.7. The number of rotatable bonds is 5. The van der Waals surface area contributed by atoms with Gasteiger partial charge in [-0.3, -0.25) is 4.79 Å². The van der Waals surface area contributed by atoms with E-state index in [2.05, 4.69) is 4.72 Å². The van der Waals surface area contributed by atoms with Gasteiger partial charge in [0.15, 0.2) is 0 Å². The Kier molecular flexibility index (Phi) is 4.06. The van der Waals surface area contributed by atoms with E-state index in [-0.39, 0.29) is 12.2 Å². The Bertz CT molecular complexity index is 221. The number of sulfonamides is 1. The number of carboxylic acid groups (broad SMARTS) is 1. The molecule has 0 aliphatic carbocycles. The van der Waals surface area contributed by atoms with Crippen LogP contribution in [-0.2, 0) is 14.8 Å². The second-order valence-corrected chi connectivity index (χ2v) is 3.89. The molecule has 0 radical (unpaired) electrons. The fourth-order valence-electron chi connectivity index (χ4n) is 0.514. The van der Waals surface area contributed by atoms with Crippen molar-refractivity contribution in [3.8, 4) is 0 Å². The van der Waals surface area contributed by atoms with Gasteiger partial charge in [0.2, 0.25) is 10.0 Å². The zero-order chi connectivity index (χ0) is 8.91. The lowest BCUT2D eigenvalue weighted by atomic mass is 10.5. The molecule has 0 unspecified atom stereocenters. The molecule has 11 heavy (non-hydrogen) atoms. The largest absolute Gasteiger partial charge is 0.481 e. The van der Waals surface area contributed by atoms with Gasteiger partial charge in [-0.25, -0.2) is 13.1 Å². The summed E-state index contributed by atoms with van der Waals surface area (Å²) in [6, 6.07) is 0. The van der Waals surface area contributed by atoms with Gasteiger partial charge in [0.05, 0.1) is 12.2 Å². The molecular weight excluding hydrogens is 170 g/mol. The summed E-state index contributed by atoms with van der Waals surface area (Å²) in [6.45, 7) is 1.93. The lowest BCUT2D eigenvalue weighted by Gasteiger charge is -2.00. The van der Waals surface area contributed by atoms with Gasteiger partial charge >= 0.3 is 5.97 Å². The maximum absolute atomic E-state index is 10.8. The summed E-state index contributed by atoms with van der Waals surface area (Å²) >= 11 is 0. The highest BCUT2D eigenvalue weighted by Crippen LogP contribution is 1.88. The molecule has 0 aromatic rings. The van der Waals surface area contributed by atoms with Crippen LogP contribution in [0.1, 0.15) is 13.3 Å². The van der Waals surface area contributed by atoms with E-state index in [0.29, 0.717) is 6.54 Å². The summed E-state index contributed by atoms with van der Waals surface area (Å²) in [5.74, 6) is -1.46. The molecule has 6 heteroatoms. The molecule has 0 atom stereocenters. The average Bonchev–Trinajstić information content (AvgIpc) is 1.84. The summed E-state index contributed by atoms with van der Waals surface area (Å²) in [5.41, 5.74) is 0. The van der Waals surface area contributed by atoms with E-state index in [0.717, 1.165) is 0 Å². The van der Waals surface area contributed by atoms with Crippen molar-refractivity contribution in [1.29, 1.82) is 0 Å². The first-order valence-electron chi connectivity index (χ1n) is 3.17. The molecule has 0 saturated carbocycles. The van der Waals surface area contributed by atoms with Crippen LogP contribution in [0.4, 0.5) is 0 Å². The van der Waals surface area contributed by atoms with Crippen LogP contribution in [0.2, 0.25) is 0 Å². The fourth-order valence-corrected chi connectivity index (χ4v) is 1.54. The van der Waals surface area contributed by atoms with E-state index in [4.69, 9.17) is 5.11 Å². The van der Waals surface area contributed by atoms with Gasteiger partial charge in [-0.1, -0.05) is 6.92 Å². The lowest BCUT2D eigenvalue weighted by molar-refractivity contribution is -0.136. The average molecular weight is 181 g/mol. The number of hydrogen-bond acceptors (Lipinski definition) is 3. The first kappa shape index (κ1) is 10.4. The van der Waals surface area contributed by atoms with Crippen molar-refractivity contribution in [2.75, 3.05) is 12.3 Å². The number of carboxylic acids is 1. The minimum absolute atomic E-state index is 0.294. The molecule has 66 valence electrons. The van der Waals surface area contributed by atoms with Crippen LogP contribution >= 0.6 is 0 Å². The van der Waals surface area contributed by atoms with E-state index in [9.17, 15) is 13.2 Å². The Morgan fingerprint density at radius 1 is 1.55 bits per heavy atom. The minimum atomic E-state index is -3.36. The maximum Gasteiger partial charge on any atom is 0.304 e. The van der Waals surface area contributed by atoms with E-state index >= 15 is 0 Å². The van der Waals surface area contributed by atoms with Crippen LogP contribution in [-0.4, -0.2) is 31.8 Å². The highest BCUT2D eigenvalue weighted by atomic mass is 32.2. The zero-order valence-corrected chi connectivity index (χ0v) is 7.02. The van der Waals surface area contributed by atoms with Gasteiger partial charge in [0.25, 0.3) is 0 Å². The number of nitrogens with one attached hydrogen (secondary N) is 1. The van der Waals surface area contributed by atoms with E-state index < -0.39 is 16.0 Å². The Hall–Kier alpha value is -0.620. The molecule has 0 aliphatic heterocycles. The van der Waals surface area contributed by atoms with Gasteiger partial charge in [-0.05, 0) is 0 Å². The van der Waals surface area contributed by atoms with Crippen LogP contribution in [0.5, 0.6) is 0 Å². The van der Waals surface area contributed by atoms with Crippen molar-refractivity contribution in [3.05, 3.63) is 0 Å². The standard InChI is InChI=1S/C5H11NO4S/c1-2-6-11(9,10)4-3-5(7)8/h6H,2-4H2,1H3,(H,7,8). The summed E-state index contributed by atoms with van der Waals surface area (Å²) in [5, 5.41) is 8.15. The summed E-state index contributed by atoms with van der Waals surface area (Å²) in [4.78, 5) is 9.96. The van der Waals surface area contributed by atoms with Gasteiger partial charge in [-0.2, -0.15) is 0 Å². The van der Waals surface area contributed by atoms with Crippen LogP contribution in [0.3, 0.4) is 0 Å². The highest BCUT2D eigenvalue weighted by Gasteiger charge is 2.10. The number of hydrogen-bond donors (Lipinski definition) is 2. The first-order valence-corrected chi connectivity index (χ1v) is 4.82. The van der Waals surface area contributed by atoms with Crippen molar-refractivity contribution in [2.24, 2.45) is 0 Å². The third kappa shape index (κ3) is 5.81. The van der Waals surface area contributed by atoms with Gasteiger partial charge in [0, 0.05) is 6.54 Å².